The number of ether oxygens (including phenoxy) is 1. The van der Waals surface area contributed by atoms with Crippen molar-refractivity contribution in [2.75, 3.05) is 80.1 Å². The van der Waals surface area contributed by atoms with Gasteiger partial charge in [0.1, 0.15) is 17.7 Å². The van der Waals surface area contributed by atoms with Crippen molar-refractivity contribution < 1.29 is 9.53 Å². The SMILES string of the molecule is CC(=S)NCC1CN(c2ccc(N3CCN(C(=S)N4CCN(c5ccccn5)CC4)CC3)nc2)C(=O)O1. The van der Waals surface area contributed by atoms with Crippen LogP contribution in [0.15, 0.2) is 42.7 Å². The van der Waals surface area contributed by atoms with E-state index < -0.39 is 0 Å². The van der Waals surface area contributed by atoms with Gasteiger partial charge in [0, 0.05) is 58.6 Å². The van der Waals surface area contributed by atoms with Gasteiger partial charge in [0.15, 0.2) is 5.11 Å². The first-order chi connectivity index (χ1) is 18.0. The minimum atomic E-state index is -0.355. The molecule has 1 N–H and O–H groups in total. The van der Waals surface area contributed by atoms with Crippen molar-refractivity contribution in [2.24, 2.45) is 0 Å². The van der Waals surface area contributed by atoms with Gasteiger partial charge in [0.2, 0.25) is 0 Å². The molecule has 2 aromatic rings. The van der Waals surface area contributed by atoms with E-state index in [1.54, 1.807) is 11.1 Å². The summed E-state index contributed by atoms with van der Waals surface area (Å²) >= 11 is 10.9. The van der Waals surface area contributed by atoms with Crippen LogP contribution in [0.4, 0.5) is 22.1 Å². The quantitative estimate of drug-likeness (QED) is 0.566. The highest BCUT2D eigenvalue weighted by Crippen LogP contribution is 2.24. The fraction of sp³-hybridized carbons (Fsp3) is 0.480. The first-order valence-corrected chi connectivity index (χ1v) is 13.4. The van der Waals surface area contributed by atoms with Crippen LogP contribution in [0.2, 0.25) is 0 Å². The molecule has 37 heavy (non-hydrogen) atoms. The second-order valence-electron chi connectivity index (χ2n) is 9.35. The predicted octanol–water partition coefficient (Wildman–Crippen LogP) is 1.97. The Morgan fingerprint density at radius 3 is 2.14 bits per heavy atom. The maximum atomic E-state index is 12.3. The Balaban J connectivity index is 1.09. The molecule has 3 aliphatic rings. The number of amides is 1. The third-order valence-electron chi connectivity index (χ3n) is 6.89. The van der Waals surface area contributed by atoms with Gasteiger partial charge >= 0.3 is 6.09 Å². The van der Waals surface area contributed by atoms with Crippen molar-refractivity contribution in [1.82, 2.24) is 25.1 Å². The molecule has 12 heteroatoms. The van der Waals surface area contributed by atoms with Crippen LogP contribution in [0.25, 0.3) is 0 Å². The molecule has 2 aromatic heterocycles. The molecule has 1 atom stereocenters. The summed E-state index contributed by atoms with van der Waals surface area (Å²) in [6.07, 6.45) is 2.99. The van der Waals surface area contributed by atoms with Crippen molar-refractivity contribution >= 4 is 58.0 Å². The van der Waals surface area contributed by atoms with Crippen LogP contribution in [0.1, 0.15) is 6.92 Å². The molecule has 0 radical (unpaired) electrons. The van der Waals surface area contributed by atoms with Crippen LogP contribution < -0.4 is 20.0 Å². The maximum Gasteiger partial charge on any atom is 0.414 e. The number of nitrogens with zero attached hydrogens (tertiary/aromatic N) is 7. The first-order valence-electron chi connectivity index (χ1n) is 12.6. The molecule has 5 rings (SSSR count). The minimum absolute atomic E-state index is 0.236. The molecule has 1 amide bonds. The standard InChI is InChI=1S/C25H32N8O2S2/c1-19(36)27-17-21-18-33(25(34)35-21)20-5-6-23(28-16-20)30-10-14-32(15-11-30)24(37)31-12-8-29(9-13-31)22-4-2-3-7-26-22/h2-7,16,21H,8-15,17-18H2,1H3,(H,27,36). The highest BCUT2D eigenvalue weighted by Gasteiger charge is 2.32. The Labute approximate surface area is 228 Å². The zero-order valence-corrected chi connectivity index (χ0v) is 22.6. The zero-order chi connectivity index (χ0) is 25.8. The summed E-state index contributed by atoms with van der Waals surface area (Å²) in [5.41, 5.74) is 0.736. The second kappa shape index (κ2) is 11.4. The van der Waals surface area contributed by atoms with Gasteiger partial charge in [-0.15, -0.1) is 0 Å². The van der Waals surface area contributed by atoms with E-state index in [1.165, 1.54) is 0 Å². The summed E-state index contributed by atoms with van der Waals surface area (Å²) in [5, 5.41) is 3.99. The summed E-state index contributed by atoms with van der Waals surface area (Å²) < 4.78 is 5.44. The lowest BCUT2D eigenvalue weighted by Gasteiger charge is -2.43. The molecular formula is C25H32N8O2S2. The number of aromatic nitrogens is 2. The fourth-order valence-corrected chi connectivity index (χ4v) is 5.26. The Hall–Kier alpha value is -3.25. The fourth-order valence-electron chi connectivity index (χ4n) is 4.82. The van der Waals surface area contributed by atoms with Gasteiger partial charge in [0.25, 0.3) is 0 Å². The number of anilines is 3. The van der Waals surface area contributed by atoms with Gasteiger partial charge in [-0.2, -0.15) is 0 Å². The van der Waals surface area contributed by atoms with Crippen molar-refractivity contribution in [1.29, 1.82) is 0 Å². The monoisotopic (exact) mass is 540 g/mol. The number of thiocarbonyl (C=S) groups is 2. The second-order valence-corrected chi connectivity index (χ2v) is 10.3. The lowest BCUT2D eigenvalue weighted by Crippen LogP contribution is -2.57. The summed E-state index contributed by atoms with van der Waals surface area (Å²) in [4.78, 5) is 32.9. The van der Waals surface area contributed by atoms with Gasteiger partial charge < -0.3 is 29.7 Å². The van der Waals surface area contributed by atoms with Crippen molar-refractivity contribution in [3.8, 4) is 0 Å². The summed E-state index contributed by atoms with van der Waals surface area (Å²) in [6.45, 7) is 9.83. The number of carbonyl (C=O) groups excluding carboxylic acids is 1. The number of pyridine rings is 2. The topological polar surface area (TPSA) is 80.3 Å². The van der Waals surface area contributed by atoms with Crippen LogP contribution >= 0.6 is 24.4 Å². The molecule has 0 aliphatic carbocycles. The van der Waals surface area contributed by atoms with E-state index in [1.807, 2.05) is 37.4 Å². The number of hydrogen-bond acceptors (Lipinski definition) is 8. The molecule has 10 nitrogen and oxygen atoms in total. The molecule has 0 bridgehead atoms. The third kappa shape index (κ3) is 6.02. The molecule has 3 fully saturated rings. The molecule has 196 valence electrons. The van der Waals surface area contributed by atoms with Gasteiger partial charge in [-0.3, -0.25) is 4.90 Å². The Kier molecular flexibility index (Phi) is 7.85. The van der Waals surface area contributed by atoms with Gasteiger partial charge in [-0.05, 0) is 43.4 Å². The predicted molar refractivity (Wildman–Crippen MR) is 153 cm³/mol. The smallest absolute Gasteiger partial charge is 0.414 e. The molecule has 0 saturated carbocycles. The van der Waals surface area contributed by atoms with Crippen LogP contribution in [0.5, 0.6) is 0 Å². The lowest BCUT2D eigenvalue weighted by molar-refractivity contribution is 0.143. The number of rotatable bonds is 5. The van der Waals surface area contributed by atoms with Gasteiger partial charge in [0.05, 0.1) is 30.0 Å². The molecule has 0 aromatic carbocycles. The Morgan fingerprint density at radius 2 is 1.59 bits per heavy atom. The van der Waals surface area contributed by atoms with Crippen LogP contribution in [0.3, 0.4) is 0 Å². The molecule has 3 aliphatic heterocycles. The molecular weight excluding hydrogens is 508 g/mol. The van der Waals surface area contributed by atoms with Crippen LogP contribution in [0, 0.1) is 0 Å². The Bertz CT molecular complexity index is 1100. The van der Waals surface area contributed by atoms with Crippen molar-refractivity contribution in [2.45, 2.75) is 13.0 Å². The highest BCUT2D eigenvalue weighted by molar-refractivity contribution is 7.80. The summed E-state index contributed by atoms with van der Waals surface area (Å²) in [7, 11) is 0. The highest BCUT2D eigenvalue weighted by atomic mass is 32.1. The number of carbonyl (C=O) groups is 1. The van der Waals surface area contributed by atoms with Crippen LogP contribution in [-0.2, 0) is 4.74 Å². The van der Waals surface area contributed by atoms with Crippen LogP contribution in [-0.4, -0.2) is 108 Å². The first kappa shape index (κ1) is 25.4. The number of cyclic esters (lactones) is 1. The van der Waals surface area contributed by atoms with Gasteiger partial charge in [-0.1, -0.05) is 18.3 Å². The van der Waals surface area contributed by atoms with E-state index in [0.29, 0.717) is 18.1 Å². The van der Waals surface area contributed by atoms with Crippen molar-refractivity contribution in [3.63, 3.8) is 0 Å². The summed E-state index contributed by atoms with van der Waals surface area (Å²) in [5.74, 6) is 1.93. The summed E-state index contributed by atoms with van der Waals surface area (Å²) in [6, 6.07) is 9.93. The number of piperazine rings is 2. The minimum Gasteiger partial charge on any atom is -0.442 e. The lowest BCUT2D eigenvalue weighted by atomic mass is 10.2. The molecule has 1 unspecified atom stereocenters. The largest absolute Gasteiger partial charge is 0.442 e. The Morgan fingerprint density at radius 1 is 0.946 bits per heavy atom. The number of hydrogen-bond donors (Lipinski definition) is 1. The van der Waals surface area contributed by atoms with E-state index in [2.05, 4.69) is 41.0 Å². The average molecular weight is 541 g/mol. The maximum absolute atomic E-state index is 12.3. The van der Waals surface area contributed by atoms with E-state index in [0.717, 1.165) is 74.8 Å². The van der Waals surface area contributed by atoms with E-state index >= 15 is 0 Å². The average Bonchev–Trinajstić information content (AvgIpc) is 3.32. The third-order valence-corrected chi connectivity index (χ3v) is 7.56. The normalized spacial score (nSPS) is 20.2. The van der Waals surface area contributed by atoms with Crippen molar-refractivity contribution in [3.05, 3.63) is 42.7 Å². The van der Waals surface area contributed by atoms with E-state index in [4.69, 9.17) is 29.2 Å². The zero-order valence-electron chi connectivity index (χ0n) is 21.0. The molecule has 5 heterocycles. The van der Waals surface area contributed by atoms with Gasteiger partial charge in [-0.25, -0.2) is 14.8 Å². The molecule has 0 spiro atoms. The molecule has 3 saturated heterocycles. The van der Waals surface area contributed by atoms with E-state index in [-0.39, 0.29) is 12.2 Å². The van der Waals surface area contributed by atoms with E-state index in [9.17, 15) is 4.79 Å². The number of nitrogens with one attached hydrogen (secondary N) is 1.